The maximum Gasteiger partial charge on any atom is 0.251 e. The van der Waals surface area contributed by atoms with E-state index in [1.54, 1.807) is 12.1 Å². The molecule has 1 amide bonds. The van der Waals surface area contributed by atoms with Crippen molar-refractivity contribution in [2.45, 2.75) is 19.9 Å². The second-order valence-corrected chi connectivity index (χ2v) is 5.23. The molecular formula is C17H18N4O. The van der Waals surface area contributed by atoms with Crippen LogP contribution in [0, 0.1) is 0 Å². The van der Waals surface area contributed by atoms with Crippen LogP contribution in [0.25, 0.3) is 10.9 Å². The Labute approximate surface area is 128 Å². The largest absolute Gasteiger partial charge is 0.382 e. The summed E-state index contributed by atoms with van der Waals surface area (Å²) in [6.07, 6.45) is 0.984. The van der Waals surface area contributed by atoms with Gasteiger partial charge in [-0.2, -0.15) is 5.10 Å². The molecule has 1 heterocycles. The first kappa shape index (κ1) is 14.1. The summed E-state index contributed by atoms with van der Waals surface area (Å²) in [5.74, 6) is 0.282. The van der Waals surface area contributed by atoms with Gasteiger partial charge in [0.2, 0.25) is 0 Å². The minimum absolute atomic E-state index is 0.121. The number of carbonyl (C=O) groups excluding carboxylic acids is 1. The fraction of sp³-hybridized carbons (Fsp3) is 0.176. The van der Waals surface area contributed by atoms with E-state index in [4.69, 9.17) is 5.73 Å². The molecule has 1 aromatic heterocycles. The Kier molecular flexibility index (Phi) is 3.78. The van der Waals surface area contributed by atoms with Crippen molar-refractivity contribution in [3.8, 4) is 0 Å². The number of rotatable bonds is 4. The summed E-state index contributed by atoms with van der Waals surface area (Å²) in [6, 6.07) is 13.5. The number of nitrogens with two attached hydrogens (primary N) is 1. The number of amides is 1. The van der Waals surface area contributed by atoms with Gasteiger partial charge in [0.15, 0.2) is 5.82 Å². The van der Waals surface area contributed by atoms with Gasteiger partial charge >= 0.3 is 0 Å². The van der Waals surface area contributed by atoms with E-state index in [9.17, 15) is 4.79 Å². The van der Waals surface area contributed by atoms with Gasteiger partial charge in [0.1, 0.15) is 0 Å². The van der Waals surface area contributed by atoms with Crippen molar-refractivity contribution < 1.29 is 4.79 Å². The predicted molar refractivity (Wildman–Crippen MR) is 87.5 cm³/mol. The molecule has 0 aliphatic heterocycles. The summed E-state index contributed by atoms with van der Waals surface area (Å²) in [6.45, 7) is 2.62. The van der Waals surface area contributed by atoms with Crippen LogP contribution in [-0.2, 0) is 13.0 Å². The second-order valence-electron chi connectivity index (χ2n) is 5.23. The topological polar surface area (TPSA) is 83.8 Å². The smallest absolute Gasteiger partial charge is 0.251 e. The van der Waals surface area contributed by atoms with Crippen molar-refractivity contribution in [1.29, 1.82) is 0 Å². The van der Waals surface area contributed by atoms with Crippen molar-refractivity contribution in [1.82, 2.24) is 15.5 Å². The number of hydrogen-bond acceptors (Lipinski definition) is 3. The van der Waals surface area contributed by atoms with Crippen LogP contribution in [0.1, 0.15) is 28.4 Å². The van der Waals surface area contributed by atoms with E-state index in [0.717, 1.165) is 22.9 Å². The molecule has 0 atom stereocenters. The van der Waals surface area contributed by atoms with Gasteiger partial charge in [-0.15, -0.1) is 0 Å². The molecule has 0 fully saturated rings. The Balaban J connectivity index is 1.73. The van der Waals surface area contributed by atoms with Gasteiger partial charge in [-0.05, 0) is 35.7 Å². The normalized spacial score (nSPS) is 10.8. The number of anilines is 1. The molecule has 4 N–H and O–H groups in total. The highest BCUT2D eigenvalue weighted by Gasteiger charge is 2.09. The molecule has 5 nitrogen and oxygen atoms in total. The third-order valence-electron chi connectivity index (χ3n) is 3.71. The van der Waals surface area contributed by atoms with Crippen molar-refractivity contribution in [3.05, 3.63) is 59.2 Å². The van der Waals surface area contributed by atoms with Gasteiger partial charge in [-0.25, -0.2) is 0 Å². The molecule has 0 unspecified atom stereocenters. The standard InChI is InChI=1S/C17H18N4O/c1-2-11-4-3-5-12(8-11)10-19-17(22)13-6-7-15-14(9-13)16(18)21-20-15/h3-9H,2,10H2,1H3,(H,19,22)(H3,18,20,21). The SMILES string of the molecule is CCc1cccc(CNC(=O)c2ccc3[nH]nc(N)c3c2)c1. The van der Waals surface area contributed by atoms with Crippen LogP contribution in [0.3, 0.4) is 0 Å². The number of nitrogens with one attached hydrogen (secondary N) is 2. The van der Waals surface area contributed by atoms with Gasteiger partial charge in [0.05, 0.1) is 5.52 Å². The van der Waals surface area contributed by atoms with E-state index in [-0.39, 0.29) is 5.91 Å². The lowest BCUT2D eigenvalue weighted by molar-refractivity contribution is 0.0951. The zero-order valence-corrected chi connectivity index (χ0v) is 12.4. The van der Waals surface area contributed by atoms with E-state index >= 15 is 0 Å². The molecular weight excluding hydrogens is 276 g/mol. The lowest BCUT2D eigenvalue weighted by atomic mass is 10.1. The Morgan fingerprint density at radius 2 is 2.05 bits per heavy atom. The fourth-order valence-corrected chi connectivity index (χ4v) is 2.42. The summed E-state index contributed by atoms with van der Waals surface area (Å²) in [5.41, 5.74) is 9.53. The van der Waals surface area contributed by atoms with Crippen LogP contribution in [0.2, 0.25) is 0 Å². The summed E-state index contributed by atoms with van der Waals surface area (Å²) in [4.78, 5) is 12.3. The molecule has 0 aliphatic rings. The lowest BCUT2D eigenvalue weighted by Gasteiger charge is -2.07. The van der Waals surface area contributed by atoms with Crippen molar-refractivity contribution in [2.75, 3.05) is 5.73 Å². The Hall–Kier alpha value is -2.82. The molecule has 0 bridgehead atoms. The first-order chi connectivity index (χ1) is 10.7. The molecule has 3 aromatic rings. The van der Waals surface area contributed by atoms with Gasteiger partial charge in [0, 0.05) is 17.5 Å². The predicted octanol–water partition coefficient (Wildman–Crippen LogP) is 2.64. The number of fused-ring (bicyclic) bond motifs is 1. The molecule has 3 rings (SSSR count). The maximum atomic E-state index is 12.3. The Morgan fingerprint density at radius 3 is 2.86 bits per heavy atom. The quantitative estimate of drug-likeness (QED) is 0.691. The Bertz CT molecular complexity index is 822. The molecule has 5 heteroatoms. The molecule has 0 spiro atoms. The molecule has 0 saturated carbocycles. The number of benzene rings is 2. The summed E-state index contributed by atoms with van der Waals surface area (Å²) >= 11 is 0. The highest BCUT2D eigenvalue weighted by molar-refractivity contribution is 6.00. The van der Waals surface area contributed by atoms with Gasteiger partial charge < -0.3 is 11.1 Å². The summed E-state index contributed by atoms with van der Waals surface area (Å²) in [5, 5.41) is 10.4. The van der Waals surface area contributed by atoms with Crippen LogP contribution in [0.15, 0.2) is 42.5 Å². The number of hydrogen-bond donors (Lipinski definition) is 3. The van der Waals surface area contributed by atoms with Crippen molar-refractivity contribution >= 4 is 22.6 Å². The number of nitrogens with zero attached hydrogens (tertiary/aromatic N) is 1. The van der Waals surface area contributed by atoms with E-state index in [0.29, 0.717) is 17.9 Å². The van der Waals surface area contributed by atoms with Crippen LogP contribution >= 0.6 is 0 Å². The van der Waals surface area contributed by atoms with Crippen LogP contribution in [0.4, 0.5) is 5.82 Å². The molecule has 0 radical (unpaired) electrons. The Morgan fingerprint density at radius 1 is 1.23 bits per heavy atom. The summed E-state index contributed by atoms with van der Waals surface area (Å²) < 4.78 is 0. The number of aromatic nitrogens is 2. The third kappa shape index (κ3) is 2.79. The average Bonchev–Trinajstić information content (AvgIpc) is 2.93. The lowest BCUT2D eigenvalue weighted by Crippen LogP contribution is -2.22. The maximum absolute atomic E-state index is 12.3. The van der Waals surface area contributed by atoms with E-state index in [2.05, 4.69) is 34.6 Å². The van der Waals surface area contributed by atoms with Gasteiger partial charge in [0.25, 0.3) is 5.91 Å². The van der Waals surface area contributed by atoms with Crippen molar-refractivity contribution in [3.63, 3.8) is 0 Å². The van der Waals surface area contributed by atoms with Gasteiger partial charge in [-0.3, -0.25) is 9.89 Å². The molecule has 2 aromatic carbocycles. The molecule has 112 valence electrons. The molecule has 0 saturated heterocycles. The van der Waals surface area contributed by atoms with Gasteiger partial charge in [-0.1, -0.05) is 31.2 Å². The van der Waals surface area contributed by atoms with Crippen LogP contribution < -0.4 is 11.1 Å². The van der Waals surface area contributed by atoms with Crippen LogP contribution in [-0.4, -0.2) is 16.1 Å². The van der Waals surface area contributed by atoms with E-state index in [1.807, 2.05) is 18.2 Å². The zero-order valence-electron chi connectivity index (χ0n) is 12.4. The first-order valence-corrected chi connectivity index (χ1v) is 7.27. The van der Waals surface area contributed by atoms with Crippen LogP contribution in [0.5, 0.6) is 0 Å². The molecule has 0 aliphatic carbocycles. The van der Waals surface area contributed by atoms with E-state index < -0.39 is 0 Å². The number of carbonyl (C=O) groups is 1. The number of aryl methyl sites for hydroxylation is 1. The first-order valence-electron chi connectivity index (χ1n) is 7.27. The van der Waals surface area contributed by atoms with Crippen molar-refractivity contribution in [2.24, 2.45) is 0 Å². The minimum Gasteiger partial charge on any atom is -0.382 e. The number of nitrogen functional groups attached to an aromatic ring is 1. The number of aromatic amines is 1. The van der Waals surface area contributed by atoms with E-state index in [1.165, 1.54) is 5.56 Å². The third-order valence-corrected chi connectivity index (χ3v) is 3.71. The zero-order chi connectivity index (χ0) is 15.5. The average molecular weight is 294 g/mol. The second kappa shape index (κ2) is 5.89. The minimum atomic E-state index is -0.121. The summed E-state index contributed by atoms with van der Waals surface area (Å²) in [7, 11) is 0. The fourth-order valence-electron chi connectivity index (χ4n) is 2.42. The molecule has 22 heavy (non-hydrogen) atoms. The number of H-pyrrole nitrogens is 1. The monoisotopic (exact) mass is 294 g/mol. The highest BCUT2D eigenvalue weighted by atomic mass is 16.1. The highest BCUT2D eigenvalue weighted by Crippen LogP contribution is 2.19.